The van der Waals surface area contributed by atoms with Crippen LogP contribution < -0.4 is 0 Å². The maximum atomic E-state index is 10.9. The highest BCUT2D eigenvalue weighted by atomic mass is 16.4. The molecule has 0 aromatic heterocycles. The second kappa shape index (κ2) is 3.77. The van der Waals surface area contributed by atoms with E-state index >= 15 is 0 Å². The second-order valence-electron chi connectivity index (χ2n) is 3.77. The average molecular weight is 204 g/mol. The molecular weight excluding hydrogens is 192 g/mol. The topological polar surface area (TPSA) is 57.5 Å². The zero-order valence-corrected chi connectivity index (χ0v) is 8.18. The molecular formula is C12H12O3. The number of carboxylic acid groups (broad SMARTS) is 1. The van der Waals surface area contributed by atoms with Gasteiger partial charge in [0, 0.05) is 5.57 Å². The van der Waals surface area contributed by atoms with E-state index in [1.54, 1.807) is 30.3 Å². The number of phenolic OH excluding ortho intramolecular Hbond substituents is 1. The molecule has 0 spiro atoms. The molecule has 0 bridgehead atoms. The molecule has 1 aliphatic carbocycles. The minimum absolute atomic E-state index is 0.190. The maximum absolute atomic E-state index is 10.9. The molecule has 0 atom stereocenters. The Kier molecular flexibility index (Phi) is 2.46. The van der Waals surface area contributed by atoms with Crippen molar-refractivity contribution in [1.82, 2.24) is 0 Å². The van der Waals surface area contributed by atoms with Crippen molar-refractivity contribution >= 4 is 12.0 Å². The Morgan fingerprint density at radius 3 is 2.33 bits per heavy atom. The van der Waals surface area contributed by atoms with E-state index in [9.17, 15) is 4.79 Å². The smallest absolute Gasteiger partial charge is 0.331 e. The number of rotatable bonds is 3. The second-order valence-corrected chi connectivity index (χ2v) is 3.77. The van der Waals surface area contributed by atoms with Gasteiger partial charge in [-0.15, -0.1) is 0 Å². The van der Waals surface area contributed by atoms with Crippen LogP contribution in [0.4, 0.5) is 0 Å². The van der Waals surface area contributed by atoms with Gasteiger partial charge in [0.1, 0.15) is 5.75 Å². The molecule has 0 aliphatic heterocycles. The van der Waals surface area contributed by atoms with Crippen LogP contribution in [-0.2, 0) is 4.79 Å². The Balaban J connectivity index is 2.26. The summed E-state index contributed by atoms with van der Waals surface area (Å²) in [6, 6.07) is 6.53. The Bertz CT molecular complexity index is 399. The van der Waals surface area contributed by atoms with Crippen LogP contribution in [0.25, 0.3) is 6.08 Å². The highest BCUT2D eigenvalue weighted by molar-refractivity contribution is 5.93. The zero-order chi connectivity index (χ0) is 10.8. The number of carbonyl (C=O) groups is 1. The summed E-state index contributed by atoms with van der Waals surface area (Å²) in [6.45, 7) is 0. The van der Waals surface area contributed by atoms with Gasteiger partial charge in [-0.3, -0.25) is 0 Å². The first-order chi connectivity index (χ1) is 7.16. The van der Waals surface area contributed by atoms with Crippen molar-refractivity contribution in [2.75, 3.05) is 0 Å². The van der Waals surface area contributed by atoms with Gasteiger partial charge in [0.25, 0.3) is 0 Å². The number of hydrogen-bond donors (Lipinski definition) is 2. The molecule has 0 amide bonds. The van der Waals surface area contributed by atoms with Gasteiger partial charge in [0.15, 0.2) is 0 Å². The summed E-state index contributed by atoms with van der Waals surface area (Å²) in [5, 5.41) is 18.1. The minimum atomic E-state index is -0.842. The molecule has 1 fully saturated rings. The molecule has 0 heterocycles. The van der Waals surface area contributed by atoms with Gasteiger partial charge in [-0.2, -0.15) is 0 Å². The van der Waals surface area contributed by atoms with Gasteiger partial charge in [-0.25, -0.2) is 4.79 Å². The van der Waals surface area contributed by atoms with Crippen LogP contribution in [0.5, 0.6) is 5.75 Å². The number of aliphatic carboxylic acids is 1. The molecule has 78 valence electrons. The summed E-state index contributed by atoms with van der Waals surface area (Å²) in [7, 11) is 0. The molecule has 2 N–H and O–H groups in total. The summed E-state index contributed by atoms with van der Waals surface area (Å²) >= 11 is 0. The summed E-state index contributed by atoms with van der Waals surface area (Å²) in [6.07, 6.45) is 3.62. The highest BCUT2D eigenvalue weighted by Crippen LogP contribution is 2.37. The minimum Gasteiger partial charge on any atom is -0.508 e. The van der Waals surface area contributed by atoms with Crippen molar-refractivity contribution < 1.29 is 15.0 Å². The number of phenols is 1. The van der Waals surface area contributed by atoms with Gasteiger partial charge in [-0.1, -0.05) is 12.1 Å². The largest absolute Gasteiger partial charge is 0.508 e. The first-order valence-electron chi connectivity index (χ1n) is 4.91. The van der Waals surface area contributed by atoms with E-state index in [-0.39, 0.29) is 11.7 Å². The van der Waals surface area contributed by atoms with Crippen LogP contribution in [0.3, 0.4) is 0 Å². The Hall–Kier alpha value is -1.77. The van der Waals surface area contributed by atoms with Gasteiger partial charge in [0.2, 0.25) is 0 Å². The van der Waals surface area contributed by atoms with Crippen LogP contribution in [0.15, 0.2) is 29.8 Å². The highest BCUT2D eigenvalue weighted by Gasteiger charge is 2.30. The Labute approximate surface area is 87.7 Å². The van der Waals surface area contributed by atoms with Crippen molar-refractivity contribution in [3.8, 4) is 5.75 Å². The number of benzene rings is 1. The quantitative estimate of drug-likeness (QED) is 0.742. The zero-order valence-electron chi connectivity index (χ0n) is 8.18. The fourth-order valence-electron chi connectivity index (χ4n) is 1.50. The third-order valence-corrected chi connectivity index (χ3v) is 2.48. The van der Waals surface area contributed by atoms with Gasteiger partial charge in [0.05, 0.1) is 0 Å². The molecule has 1 aliphatic rings. The third kappa shape index (κ3) is 2.37. The van der Waals surface area contributed by atoms with E-state index in [0.717, 1.165) is 18.4 Å². The lowest BCUT2D eigenvalue weighted by Crippen LogP contribution is -2.01. The summed E-state index contributed by atoms with van der Waals surface area (Å²) in [5.74, 6) is -0.433. The number of hydrogen-bond acceptors (Lipinski definition) is 2. The molecule has 2 rings (SSSR count). The molecule has 0 radical (unpaired) electrons. The van der Waals surface area contributed by atoms with Crippen molar-refractivity contribution in [2.24, 2.45) is 5.92 Å². The predicted molar refractivity (Wildman–Crippen MR) is 56.4 cm³/mol. The summed E-state index contributed by atoms with van der Waals surface area (Å²) < 4.78 is 0. The lowest BCUT2D eigenvalue weighted by Gasteiger charge is -2.00. The van der Waals surface area contributed by atoms with Crippen molar-refractivity contribution in [1.29, 1.82) is 0 Å². The van der Waals surface area contributed by atoms with E-state index in [4.69, 9.17) is 10.2 Å². The molecule has 1 aromatic rings. The molecule has 0 saturated heterocycles. The molecule has 0 unspecified atom stereocenters. The van der Waals surface area contributed by atoms with Crippen molar-refractivity contribution in [3.63, 3.8) is 0 Å². The maximum Gasteiger partial charge on any atom is 0.331 e. The van der Waals surface area contributed by atoms with Crippen molar-refractivity contribution in [3.05, 3.63) is 35.4 Å². The first-order valence-corrected chi connectivity index (χ1v) is 4.91. The SMILES string of the molecule is O=C(O)/C(=C\c1ccc(O)cc1)C1CC1. The monoisotopic (exact) mass is 204 g/mol. The molecule has 3 nitrogen and oxygen atoms in total. The predicted octanol–water partition coefficient (Wildman–Crippen LogP) is 2.27. The van der Waals surface area contributed by atoms with Crippen LogP contribution in [0, 0.1) is 5.92 Å². The van der Waals surface area contributed by atoms with Gasteiger partial charge in [-0.05, 0) is 42.5 Å². The fraction of sp³-hybridized carbons (Fsp3) is 0.250. The van der Waals surface area contributed by atoms with E-state index in [0.29, 0.717) is 5.57 Å². The lowest BCUT2D eigenvalue weighted by atomic mass is 10.1. The third-order valence-electron chi connectivity index (χ3n) is 2.48. The van der Waals surface area contributed by atoms with Crippen LogP contribution in [0.1, 0.15) is 18.4 Å². The van der Waals surface area contributed by atoms with E-state index in [2.05, 4.69) is 0 Å². The molecule has 15 heavy (non-hydrogen) atoms. The Morgan fingerprint density at radius 2 is 1.87 bits per heavy atom. The van der Waals surface area contributed by atoms with E-state index in [1.165, 1.54) is 0 Å². The number of aromatic hydroxyl groups is 1. The summed E-state index contributed by atoms with van der Waals surface area (Å²) in [5.41, 5.74) is 1.29. The van der Waals surface area contributed by atoms with Gasteiger partial charge >= 0.3 is 5.97 Å². The lowest BCUT2D eigenvalue weighted by molar-refractivity contribution is -0.132. The van der Waals surface area contributed by atoms with Crippen molar-refractivity contribution in [2.45, 2.75) is 12.8 Å². The fourth-order valence-corrected chi connectivity index (χ4v) is 1.50. The summed E-state index contributed by atoms with van der Waals surface area (Å²) in [4.78, 5) is 10.9. The van der Waals surface area contributed by atoms with Crippen LogP contribution in [0.2, 0.25) is 0 Å². The normalized spacial score (nSPS) is 16.4. The first kappa shape index (κ1) is 9.77. The molecule has 1 aromatic carbocycles. The van der Waals surface area contributed by atoms with Crippen LogP contribution in [-0.4, -0.2) is 16.2 Å². The number of carboxylic acids is 1. The van der Waals surface area contributed by atoms with E-state index in [1.807, 2.05) is 0 Å². The average Bonchev–Trinajstić information content (AvgIpc) is 3.00. The Morgan fingerprint density at radius 1 is 1.27 bits per heavy atom. The standard InChI is InChI=1S/C12H12O3/c13-10-5-1-8(2-6-10)7-11(12(14)15)9-3-4-9/h1-2,5-7,9,13H,3-4H2,(H,14,15)/b11-7-. The molecule has 3 heteroatoms. The molecule has 1 saturated carbocycles. The van der Waals surface area contributed by atoms with E-state index < -0.39 is 5.97 Å². The van der Waals surface area contributed by atoms with Crippen LogP contribution >= 0.6 is 0 Å². The van der Waals surface area contributed by atoms with Gasteiger partial charge < -0.3 is 10.2 Å².